The second-order valence-electron chi connectivity index (χ2n) is 6.39. The van der Waals surface area contributed by atoms with Gasteiger partial charge in [0.25, 0.3) is 5.91 Å². The Morgan fingerprint density at radius 1 is 1.45 bits per heavy atom. The monoisotopic (exact) mass is 277 g/mol. The zero-order chi connectivity index (χ0) is 14.7. The number of nitrogens with zero attached hydrogens (tertiary/aromatic N) is 2. The highest BCUT2D eigenvalue weighted by Gasteiger charge is 2.28. The first-order valence-electron chi connectivity index (χ1n) is 7.72. The molecule has 1 amide bonds. The Morgan fingerprint density at radius 2 is 2.10 bits per heavy atom. The van der Waals surface area contributed by atoms with Crippen molar-refractivity contribution in [3.05, 3.63) is 18.0 Å². The van der Waals surface area contributed by atoms with Gasteiger partial charge in [-0.05, 0) is 31.2 Å². The van der Waals surface area contributed by atoms with E-state index in [-0.39, 0.29) is 5.91 Å². The van der Waals surface area contributed by atoms with Crippen molar-refractivity contribution in [2.24, 2.45) is 13.0 Å². The van der Waals surface area contributed by atoms with E-state index in [1.165, 1.54) is 12.8 Å². The highest BCUT2D eigenvalue weighted by molar-refractivity contribution is 5.94. The van der Waals surface area contributed by atoms with Crippen LogP contribution in [0.4, 0.5) is 5.69 Å². The molecule has 0 radical (unpaired) electrons. The molecule has 4 nitrogen and oxygen atoms in total. The summed E-state index contributed by atoms with van der Waals surface area (Å²) in [6, 6.07) is 2.21. The maximum Gasteiger partial charge on any atom is 0.270 e. The van der Waals surface area contributed by atoms with Crippen molar-refractivity contribution in [3.8, 4) is 0 Å². The molecule has 2 N–H and O–H groups in total. The number of carbonyl (C=O) groups excluding carboxylic acids is 1. The molecule has 0 saturated heterocycles. The number of carbonyl (C=O) groups is 1. The number of hydrogen-bond acceptors (Lipinski definition) is 2. The summed E-state index contributed by atoms with van der Waals surface area (Å²) in [6.07, 6.45) is 7.63. The summed E-state index contributed by atoms with van der Waals surface area (Å²) in [6.45, 7) is 5.27. The van der Waals surface area contributed by atoms with Gasteiger partial charge in [-0.15, -0.1) is 0 Å². The molecule has 1 saturated carbocycles. The molecule has 20 heavy (non-hydrogen) atoms. The summed E-state index contributed by atoms with van der Waals surface area (Å²) in [5.41, 5.74) is 7.17. The number of rotatable bonds is 5. The van der Waals surface area contributed by atoms with Crippen LogP contribution in [0.3, 0.4) is 0 Å². The van der Waals surface area contributed by atoms with Crippen LogP contribution in [-0.4, -0.2) is 28.0 Å². The lowest BCUT2D eigenvalue weighted by Gasteiger charge is -2.30. The largest absolute Gasteiger partial charge is 0.397 e. The van der Waals surface area contributed by atoms with Gasteiger partial charge in [-0.1, -0.05) is 26.7 Å². The van der Waals surface area contributed by atoms with E-state index in [1.807, 2.05) is 17.8 Å². The number of amides is 1. The molecular weight excluding hydrogens is 250 g/mol. The molecule has 0 bridgehead atoms. The topological polar surface area (TPSA) is 51.3 Å². The van der Waals surface area contributed by atoms with Gasteiger partial charge in [-0.25, -0.2) is 0 Å². The predicted octanol–water partition coefficient (Wildman–Crippen LogP) is 3.04. The van der Waals surface area contributed by atoms with Crippen LogP contribution in [0.1, 0.15) is 56.4 Å². The number of aryl methyl sites for hydroxylation is 1. The van der Waals surface area contributed by atoms with Gasteiger partial charge in [0.15, 0.2) is 0 Å². The molecule has 0 atom stereocenters. The quantitative estimate of drug-likeness (QED) is 0.899. The van der Waals surface area contributed by atoms with Gasteiger partial charge < -0.3 is 15.2 Å². The van der Waals surface area contributed by atoms with Gasteiger partial charge in [-0.3, -0.25) is 4.79 Å². The predicted molar refractivity (Wildman–Crippen MR) is 82.6 cm³/mol. The average molecular weight is 277 g/mol. The van der Waals surface area contributed by atoms with E-state index in [9.17, 15) is 4.79 Å². The maximum absolute atomic E-state index is 12.8. The smallest absolute Gasteiger partial charge is 0.270 e. The summed E-state index contributed by atoms with van der Waals surface area (Å²) in [7, 11) is 1.89. The Bertz CT molecular complexity index is 458. The van der Waals surface area contributed by atoms with E-state index >= 15 is 0 Å². The van der Waals surface area contributed by atoms with Crippen molar-refractivity contribution in [3.63, 3.8) is 0 Å². The number of anilines is 1. The van der Waals surface area contributed by atoms with E-state index in [0.29, 0.717) is 23.3 Å². The second-order valence-corrected chi connectivity index (χ2v) is 6.39. The first-order chi connectivity index (χ1) is 9.49. The Kier molecular flexibility index (Phi) is 4.73. The fraction of sp³-hybridized carbons (Fsp3) is 0.688. The third kappa shape index (κ3) is 3.35. The third-order valence-electron chi connectivity index (χ3n) is 4.22. The zero-order valence-corrected chi connectivity index (χ0v) is 12.9. The van der Waals surface area contributed by atoms with E-state index in [4.69, 9.17) is 5.73 Å². The second kappa shape index (κ2) is 6.33. The molecule has 1 aliphatic carbocycles. The van der Waals surface area contributed by atoms with Gasteiger partial charge in [0.1, 0.15) is 5.69 Å². The van der Waals surface area contributed by atoms with Crippen molar-refractivity contribution >= 4 is 11.6 Å². The minimum Gasteiger partial charge on any atom is -0.397 e. The van der Waals surface area contributed by atoms with Crippen LogP contribution < -0.4 is 5.73 Å². The van der Waals surface area contributed by atoms with E-state index < -0.39 is 0 Å². The standard InChI is InChI=1S/C16H27N3O/c1-12(2)8-9-19(14-6-4-5-7-14)16(20)15-10-13(17)11-18(15)3/h10-12,14H,4-9,17H2,1-3H3. The lowest BCUT2D eigenvalue weighted by molar-refractivity contribution is 0.0662. The summed E-state index contributed by atoms with van der Waals surface area (Å²) >= 11 is 0. The van der Waals surface area contributed by atoms with E-state index in [0.717, 1.165) is 25.8 Å². The lowest BCUT2D eigenvalue weighted by atomic mass is 10.1. The molecule has 1 fully saturated rings. The van der Waals surface area contributed by atoms with Crippen molar-refractivity contribution in [2.75, 3.05) is 12.3 Å². The molecule has 1 aromatic rings. The normalized spacial score (nSPS) is 16.0. The lowest BCUT2D eigenvalue weighted by Crippen LogP contribution is -2.40. The molecule has 4 heteroatoms. The number of nitrogen functional groups attached to an aromatic ring is 1. The van der Waals surface area contributed by atoms with Gasteiger partial charge in [0.2, 0.25) is 0 Å². The van der Waals surface area contributed by atoms with Gasteiger partial charge in [0, 0.05) is 25.8 Å². The summed E-state index contributed by atoms with van der Waals surface area (Å²) in [5.74, 6) is 0.752. The first kappa shape index (κ1) is 14.9. The van der Waals surface area contributed by atoms with Crippen molar-refractivity contribution < 1.29 is 4.79 Å². The fourth-order valence-electron chi connectivity index (χ4n) is 3.01. The Balaban J connectivity index is 2.16. The van der Waals surface area contributed by atoms with Crippen LogP contribution in [0.25, 0.3) is 0 Å². The summed E-state index contributed by atoms with van der Waals surface area (Å²) in [5, 5.41) is 0. The van der Waals surface area contributed by atoms with Crippen molar-refractivity contribution in [1.29, 1.82) is 0 Å². The minimum absolute atomic E-state index is 0.136. The molecule has 112 valence electrons. The van der Waals surface area contributed by atoms with Gasteiger partial charge >= 0.3 is 0 Å². The Labute approximate surface area is 121 Å². The van der Waals surface area contributed by atoms with Gasteiger partial charge in [0.05, 0.1) is 5.69 Å². The fourth-order valence-corrected chi connectivity index (χ4v) is 3.01. The van der Waals surface area contributed by atoms with Crippen LogP contribution in [0, 0.1) is 5.92 Å². The van der Waals surface area contributed by atoms with Crippen LogP contribution in [0.2, 0.25) is 0 Å². The molecule has 0 spiro atoms. The first-order valence-corrected chi connectivity index (χ1v) is 7.72. The number of hydrogen-bond donors (Lipinski definition) is 1. The van der Waals surface area contributed by atoms with Crippen LogP contribution >= 0.6 is 0 Å². The minimum atomic E-state index is 0.136. The molecule has 0 aromatic carbocycles. The number of aromatic nitrogens is 1. The van der Waals surface area contributed by atoms with E-state index in [1.54, 1.807) is 6.07 Å². The van der Waals surface area contributed by atoms with Crippen LogP contribution in [-0.2, 0) is 7.05 Å². The Morgan fingerprint density at radius 3 is 2.60 bits per heavy atom. The number of nitrogens with two attached hydrogens (primary N) is 1. The molecule has 2 rings (SSSR count). The molecule has 1 aliphatic rings. The zero-order valence-electron chi connectivity index (χ0n) is 12.9. The molecular formula is C16H27N3O. The maximum atomic E-state index is 12.8. The summed E-state index contributed by atoms with van der Waals surface area (Å²) in [4.78, 5) is 14.9. The molecule has 0 unspecified atom stereocenters. The SMILES string of the molecule is CC(C)CCN(C(=O)c1cc(N)cn1C)C1CCCC1. The highest BCUT2D eigenvalue weighted by Crippen LogP contribution is 2.26. The van der Waals surface area contributed by atoms with Crippen LogP contribution in [0.5, 0.6) is 0 Å². The van der Waals surface area contributed by atoms with Crippen LogP contribution in [0.15, 0.2) is 12.3 Å². The van der Waals surface area contributed by atoms with E-state index in [2.05, 4.69) is 18.7 Å². The average Bonchev–Trinajstić information content (AvgIpc) is 2.99. The van der Waals surface area contributed by atoms with Crippen molar-refractivity contribution in [2.45, 2.75) is 52.0 Å². The molecule has 1 aromatic heterocycles. The molecule has 0 aliphatic heterocycles. The summed E-state index contributed by atoms with van der Waals surface area (Å²) < 4.78 is 1.84. The molecule has 1 heterocycles. The highest BCUT2D eigenvalue weighted by atomic mass is 16.2. The third-order valence-corrected chi connectivity index (χ3v) is 4.22. The van der Waals surface area contributed by atoms with Crippen molar-refractivity contribution in [1.82, 2.24) is 9.47 Å². The Hall–Kier alpha value is -1.45. The van der Waals surface area contributed by atoms with Gasteiger partial charge in [-0.2, -0.15) is 0 Å².